The second-order valence-corrected chi connectivity index (χ2v) is 7.50. The van der Waals surface area contributed by atoms with Crippen molar-refractivity contribution in [2.45, 2.75) is 51.3 Å². The van der Waals surface area contributed by atoms with Crippen LogP contribution in [0.1, 0.15) is 46.5 Å². The van der Waals surface area contributed by atoms with Crippen LogP contribution in [0.2, 0.25) is 0 Å². The third kappa shape index (κ3) is 3.93. The van der Waals surface area contributed by atoms with Crippen molar-refractivity contribution >= 4 is 9.84 Å². The average Bonchev–Trinajstić information content (AvgIpc) is 2.40. The highest BCUT2D eigenvalue weighted by Gasteiger charge is 2.28. The molecule has 0 saturated heterocycles. The van der Waals surface area contributed by atoms with E-state index in [0.29, 0.717) is 16.2 Å². The van der Waals surface area contributed by atoms with E-state index in [9.17, 15) is 8.42 Å². The fourth-order valence-electron chi connectivity index (χ4n) is 2.33. The van der Waals surface area contributed by atoms with Gasteiger partial charge < -0.3 is 0 Å². The van der Waals surface area contributed by atoms with Gasteiger partial charge in [0.1, 0.15) is 0 Å². The number of benzene rings is 1. The maximum Gasteiger partial charge on any atom is 0.202 e. The minimum Gasteiger partial charge on any atom is -0.219 e. The Morgan fingerprint density at radius 1 is 1.21 bits per heavy atom. The van der Waals surface area contributed by atoms with Crippen LogP contribution in [-0.2, 0) is 9.84 Å². The van der Waals surface area contributed by atoms with Crippen molar-refractivity contribution in [2.75, 3.05) is 0 Å². The first-order valence-electron chi connectivity index (χ1n) is 6.83. The van der Waals surface area contributed by atoms with Crippen molar-refractivity contribution in [1.82, 2.24) is 0 Å². The maximum atomic E-state index is 12.4. The van der Waals surface area contributed by atoms with E-state index in [4.69, 9.17) is 0 Å². The van der Waals surface area contributed by atoms with Crippen LogP contribution in [0.4, 0.5) is 0 Å². The van der Waals surface area contributed by atoms with Gasteiger partial charge in [0.15, 0.2) is 0 Å². The third-order valence-corrected chi connectivity index (χ3v) is 5.56. The molecule has 0 aliphatic carbocycles. The zero-order valence-corrected chi connectivity index (χ0v) is 13.0. The van der Waals surface area contributed by atoms with E-state index in [2.05, 4.69) is 27.4 Å². The first-order chi connectivity index (χ1) is 8.85. The topological polar surface area (TPSA) is 34.1 Å². The number of allylic oxidation sites excluding steroid dienone is 1. The Morgan fingerprint density at radius 3 is 2.26 bits per heavy atom. The highest BCUT2D eigenvalue weighted by atomic mass is 32.2. The van der Waals surface area contributed by atoms with Gasteiger partial charge in [-0.15, -0.1) is 0 Å². The molecule has 1 aromatic carbocycles. The minimum atomic E-state index is -3.40. The molecule has 0 aromatic heterocycles. The molecule has 0 N–H and O–H groups in total. The van der Waals surface area contributed by atoms with Crippen LogP contribution in [0.3, 0.4) is 0 Å². The van der Waals surface area contributed by atoms with Gasteiger partial charge in [0.25, 0.3) is 0 Å². The van der Waals surface area contributed by atoms with E-state index in [1.54, 1.807) is 24.3 Å². The van der Waals surface area contributed by atoms with Crippen molar-refractivity contribution < 1.29 is 8.42 Å². The molecule has 106 valence electrons. The van der Waals surface area contributed by atoms with Crippen LogP contribution in [0.5, 0.6) is 0 Å². The Labute approximate surface area is 117 Å². The molecule has 0 amide bonds. The second-order valence-electron chi connectivity index (χ2n) is 5.45. The fraction of sp³-hybridized carbons (Fsp3) is 0.500. The van der Waals surface area contributed by atoms with E-state index in [0.717, 1.165) is 19.3 Å². The lowest BCUT2D eigenvalue weighted by atomic mass is 9.80. The van der Waals surface area contributed by atoms with Crippen LogP contribution >= 0.6 is 0 Å². The van der Waals surface area contributed by atoms with Crippen LogP contribution in [0, 0.1) is 5.41 Å². The van der Waals surface area contributed by atoms with Gasteiger partial charge >= 0.3 is 0 Å². The number of rotatable bonds is 7. The Bertz CT molecular complexity index is 517. The number of hydrogen-bond acceptors (Lipinski definition) is 2. The van der Waals surface area contributed by atoms with E-state index in [-0.39, 0.29) is 5.41 Å². The molecule has 1 atom stereocenters. The Kier molecular flexibility index (Phi) is 5.36. The molecule has 0 fully saturated rings. The summed E-state index contributed by atoms with van der Waals surface area (Å²) in [5.74, 6) is 0. The van der Waals surface area contributed by atoms with Crippen LogP contribution in [0.25, 0.3) is 0 Å². The molecule has 2 nitrogen and oxygen atoms in total. The van der Waals surface area contributed by atoms with Crippen LogP contribution in [0.15, 0.2) is 46.7 Å². The molecular weight excluding hydrogens is 256 g/mol. The maximum absolute atomic E-state index is 12.4. The summed E-state index contributed by atoms with van der Waals surface area (Å²) in [6.07, 6.45) is 3.58. The van der Waals surface area contributed by atoms with Gasteiger partial charge in [-0.1, -0.05) is 58.4 Å². The average molecular weight is 280 g/mol. The summed E-state index contributed by atoms with van der Waals surface area (Å²) >= 11 is 0. The van der Waals surface area contributed by atoms with Crippen LogP contribution < -0.4 is 0 Å². The summed E-state index contributed by atoms with van der Waals surface area (Å²) < 4.78 is 24.9. The fourth-order valence-corrected chi connectivity index (χ4v) is 3.72. The quantitative estimate of drug-likeness (QED) is 0.732. The van der Waals surface area contributed by atoms with Gasteiger partial charge in [-0.05, 0) is 30.4 Å². The summed E-state index contributed by atoms with van der Waals surface area (Å²) in [6.45, 7) is 10.2. The first kappa shape index (κ1) is 16.0. The van der Waals surface area contributed by atoms with E-state index in [1.807, 2.05) is 6.07 Å². The van der Waals surface area contributed by atoms with Crippen LogP contribution in [-0.4, -0.2) is 8.42 Å². The molecule has 3 heteroatoms. The zero-order valence-electron chi connectivity index (χ0n) is 12.1. The molecule has 1 aromatic rings. The lowest BCUT2D eigenvalue weighted by Crippen LogP contribution is -2.18. The molecule has 0 radical (unpaired) electrons. The predicted octanol–water partition coefficient (Wildman–Crippen LogP) is 4.58. The normalized spacial score (nSPS) is 14.9. The molecular formula is C16H24O2S. The molecule has 0 heterocycles. The van der Waals surface area contributed by atoms with Gasteiger partial charge in [-0.25, -0.2) is 8.42 Å². The second kappa shape index (κ2) is 6.38. The summed E-state index contributed by atoms with van der Waals surface area (Å²) in [7, 11) is -3.40. The Balaban J connectivity index is 2.95. The summed E-state index contributed by atoms with van der Waals surface area (Å²) in [5.41, 5.74) is 0.0215. The van der Waals surface area contributed by atoms with Gasteiger partial charge in [-0.2, -0.15) is 0 Å². The summed E-state index contributed by atoms with van der Waals surface area (Å²) in [6, 6.07) is 8.55. The zero-order chi connectivity index (χ0) is 14.5. The van der Waals surface area contributed by atoms with E-state index < -0.39 is 9.84 Å². The Hall–Kier alpha value is -1.09. The van der Waals surface area contributed by atoms with Crippen molar-refractivity contribution in [2.24, 2.45) is 5.41 Å². The van der Waals surface area contributed by atoms with Crippen molar-refractivity contribution in [3.05, 3.63) is 41.8 Å². The molecule has 1 unspecified atom stereocenters. The lowest BCUT2D eigenvalue weighted by molar-refractivity contribution is 0.282. The largest absolute Gasteiger partial charge is 0.219 e. The van der Waals surface area contributed by atoms with Crippen molar-refractivity contribution in [3.8, 4) is 0 Å². The molecule has 0 aliphatic rings. The van der Waals surface area contributed by atoms with Gasteiger partial charge in [0.2, 0.25) is 9.84 Å². The van der Waals surface area contributed by atoms with E-state index >= 15 is 0 Å². The van der Waals surface area contributed by atoms with E-state index in [1.165, 1.54) is 0 Å². The standard InChI is InChI=1S/C16H24O2S/c1-5-12-16(4,6-2)13-14(3)19(17,18)15-10-8-7-9-11-15/h7-11H,3,5-6,12-13H2,1-2,4H3. The smallest absolute Gasteiger partial charge is 0.202 e. The van der Waals surface area contributed by atoms with Gasteiger partial charge in [0, 0.05) is 4.91 Å². The third-order valence-electron chi connectivity index (χ3n) is 3.76. The molecule has 19 heavy (non-hydrogen) atoms. The number of hydrogen-bond donors (Lipinski definition) is 0. The lowest BCUT2D eigenvalue weighted by Gasteiger charge is -2.28. The highest BCUT2D eigenvalue weighted by Crippen LogP contribution is 2.37. The van der Waals surface area contributed by atoms with Crippen molar-refractivity contribution in [1.29, 1.82) is 0 Å². The number of sulfone groups is 1. The SMILES string of the molecule is C=C(CC(C)(CC)CCC)S(=O)(=O)c1ccccc1. The highest BCUT2D eigenvalue weighted by molar-refractivity contribution is 7.95. The minimum absolute atomic E-state index is 0.0215. The molecule has 0 spiro atoms. The van der Waals surface area contributed by atoms with Gasteiger partial charge in [0.05, 0.1) is 4.90 Å². The monoisotopic (exact) mass is 280 g/mol. The Morgan fingerprint density at radius 2 is 1.79 bits per heavy atom. The molecule has 0 saturated carbocycles. The van der Waals surface area contributed by atoms with Crippen molar-refractivity contribution in [3.63, 3.8) is 0 Å². The summed E-state index contributed by atoms with van der Waals surface area (Å²) in [4.78, 5) is 0.673. The first-order valence-corrected chi connectivity index (χ1v) is 8.32. The predicted molar refractivity (Wildman–Crippen MR) is 80.7 cm³/mol. The molecule has 0 bridgehead atoms. The molecule has 1 rings (SSSR count). The molecule has 0 aliphatic heterocycles. The van der Waals surface area contributed by atoms with Gasteiger partial charge in [-0.3, -0.25) is 0 Å². The summed E-state index contributed by atoms with van der Waals surface area (Å²) in [5, 5.41) is 0.